The second-order valence-electron chi connectivity index (χ2n) is 9.51. The highest BCUT2D eigenvalue weighted by Crippen LogP contribution is 2.52. The summed E-state index contributed by atoms with van der Waals surface area (Å²) in [6.45, 7) is 0. The zero-order chi connectivity index (χ0) is 25.4. The molecule has 0 bridgehead atoms. The summed E-state index contributed by atoms with van der Waals surface area (Å²) in [7, 11) is 0. The standard InChI is InChI=1S/C31H27N3O3/c35-22-16-17-26(28(36)18-22)29-24-9-4-8-23(24)25-10-5-11-27(30(25)34-29)31(37)33-21-14-12-20(13-15-21)32-19-6-2-1-3-7-19/h1-8,10-18,23-24,29,32,34-36H,9H2,(H,33,37). The van der Waals surface area contributed by atoms with Crippen LogP contribution in [0.2, 0.25) is 0 Å². The Balaban J connectivity index is 1.26. The molecule has 4 aromatic rings. The maximum absolute atomic E-state index is 13.4. The molecule has 0 spiro atoms. The number of anilines is 4. The van der Waals surface area contributed by atoms with Crippen molar-refractivity contribution in [1.82, 2.24) is 0 Å². The number of aromatic hydroxyl groups is 2. The van der Waals surface area contributed by atoms with Gasteiger partial charge < -0.3 is 26.2 Å². The van der Waals surface area contributed by atoms with Crippen LogP contribution in [0.3, 0.4) is 0 Å². The maximum atomic E-state index is 13.4. The van der Waals surface area contributed by atoms with E-state index in [2.05, 4.69) is 34.2 Å². The highest BCUT2D eigenvalue weighted by molar-refractivity contribution is 6.08. The molecule has 37 heavy (non-hydrogen) atoms. The number of carbonyl (C=O) groups excluding carboxylic acids is 1. The number of hydrogen-bond acceptors (Lipinski definition) is 5. The molecule has 1 amide bonds. The lowest BCUT2D eigenvalue weighted by Gasteiger charge is -2.38. The van der Waals surface area contributed by atoms with E-state index in [1.54, 1.807) is 12.1 Å². The van der Waals surface area contributed by atoms with Crippen LogP contribution in [0.25, 0.3) is 0 Å². The molecular formula is C31H27N3O3. The summed E-state index contributed by atoms with van der Waals surface area (Å²) >= 11 is 0. The van der Waals surface area contributed by atoms with Crippen molar-refractivity contribution in [1.29, 1.82) is 0 Å². The van der Waals surface area contributed by atoms with Crippen LogP contribution in [0.1, 0.15) is 39.9 Å². The first kappa shape index (κ1) is 22.7. The average molecular weight is 490 g/mol. The van der Waals surface area contributed by atoms with Crippen LogP contribution in [-0.4, -0.2) is 16.1 Å². The van der Waals surface area contributed by atoms with Gasteiger partial charge in [-0.25, -0.2) is 0 Å². The predicted octanol–water partition coefficient (Wildman–Crippen LogP) is 6.92. The molecule has 0 saturated carbocycles. The molecule has 6 heteroatoms. The Labute approximate surface area is 215 Å². The summed E-state index contributed by atoms with van der Waals surface area (Å²) in [5.74, 6) is 0.181. The van der Waals surface area contributed by atoms with Crippen molar-refractivity contribution in [3.05, 3.63) is 120 Å². The molecule has 6 nitrogen and oxygen atoms in total. The minimum absolute atomic E-state index is 0.0172. The first-order chi connectivity index (χ1) is 18.1. The van der Waals surface area contributed by atoms with Gasteiger partial charge in [0.2, 0.25) is 0 Å². The molecule has 0 saturated heterocycles. The number of rotatable bonds is 5. The molecule has 1 heterocycles. The monoisotopic (exact) mass is 489 g/mol. The quantitative estimate of drug-likeness (QED) is 0.196. The third-order valence-electron chi connectivity index (χ3n) is 7.20. The summed E-state index contributed by atoms with van der Waals surface area (Å²) < 4.78 is 0. The zero-order valence-electron chi connectivity index (χ0n) is 20.1. The minimum atomic E-state index is -0.206. The number of hydrogen-bond donors (Lipinski definition) is 5. The molecule has 1 aliphatic carbocycles. The molecule has 184 valence electrons. The van der Waals surface area contributed by atoms with E-state index in [1.807, 2.05) is 66.7 Å². The van der Waals surface area contributed by atoms with Crippen molar-refractivity contribution in [2.45, 2.75) is 18.4 Å². The van der Waals surface area contributed by atoms with E-state index in [-0.39, 0.29) is 35.3 Å². The maximum Gasteiger partial charge on any atom is 0.257 e. The lowest BCUT2D eigenvalue weighted by molar-refractivity contribution is 0.102. The lowest BCUT2D eigenvalue weighted by Crippen LogP contribution is -2.31. The van der Waals surface area contributed by atoms with Gasteiger partial charge in [-0.2, -0.15) is 0 Å². The molecule has 0 fully saturated rings. The second kappa shape index (κ2) is 9.39. The fourth-order valence-corrected chi connectivity index (χ4v) is 5.44. The smallest absolute Gasteiger partial charge is 0.257 e. The van der Waals surface area contributed by atoms with Gasteiger partial charge >= 0.3 is 0 Å². The van der Waals surface area contributed by atoms with E-state index in [1.165, 1.54) is 6.07 Å². The Bertz CT molecular complexity index is 1480. The van der Waals surface area contributed by atoms with Gasteiger partial charge in [-0.1, -0.05) is 42.5 Å². The Kier molecular flexibility index (Phi) is 5.77. The van der Waals surface area contributed by atoms with Crippen molar-refractivity contribution in [2.24, 2.45) is 5.92 Å². The molecule has 3 atom stereocenters. The molecule has 0 aromatic heterocycles. The van der Waals surface area contributed by atoms with Gasteiger partial charge in [0.25, 0.3) is 5.91 Å². The van der Waals surface area contributed by atoms with E-state index in [0.717, 1.165) is 29.0 Å². The molecule has 0 radical (unpaired) electrons. The Morgan fingerprint density at radius 3 is 2.35 bits per heavy atom. The van der Waals surface area contributed by atoms with Gasteiger partial charge in [0, 0.05) is 34.6 Å². The number of para-hydroxylation sites is 2. The number of nitrogens with one attached hydrogen (secondary N) is 3. The number of fused-ring (bicyclic) bond motifs is 3. The van der Waals surface area contributed by atoms with Gasteiger partial charge in [-0.05, 0) is 72.5 Å². The third kappa shape index (κ3) is 4.38. The number of benzene rings is 4. The Morgan fingerprint density at radius 1 is 0.811 bits per heavy atom. The number of amides is 1. The van der Waals surface area contributed by atoms with Crippen LogP contribution in [0, 0.1) is 5.92 Å². The van der Waals surface area contributed by atoms with E-state index in [0.29, 0.717) is 16.8 Å². The van der Waals surface area contributed by atoms with Crippen LogP contribution in [-0.2, 0) is 0 Å². The minimum Gasteiger partial charge on any atom is -0.508 e. The van der Waals surface area contributed by atoms with E-state index in [9.17, 15) is 15.0 Å². The first-order valence-corrected chi connectivity index (χ1v) is 12.4. The Hall–Kier alpha value is -4.71. The molecule has 3 unspecified atom stereocenters. The topological polar surface area (TPSA) is 93.6 Å². The summed E-state index contributed by atoms with van der Waals surface area (Å²) in [5, 5.41) is 30.3. The van der Waals surface area contributed by atoms with Crippen molar-refractivity contribution in [2.75, 3.05) is 16.0 Å². The first-order valence-electron chi connectivity index (χ1n) is 12.4. The van der Waals surface area contributed by atoms with Crippen LogP contribution in [0.5, 0.6) is 11.5 Å². The van der Waals surface area contributed by atoms with Gasteiger partial charge in [-0.3, -0.25) is 4.79 Å². The molecular weight excluding hydrogens is 462 g/mol. The van der Waals surface area contributed by atoms with Gasteiger partial charge in [0.05, 0.1) is 17.3 Å². The van der Waals surface area contributed by atoms with Crippen LogP contribution < -0.4 is 16.0 Å². The second-order valence-corrected chi connectivity index (χ2v) is 9.51. The van der Waals surface area contributed by atoms with Gasteiger partial charge in [0.15, 0.2) is 0 Å². The fraction of sp³-hybridized carbons (Fsp3) is 0.129. The highest BCUT2D eigenvalue weighted by Gasteiger charge is 2.40. The summed E-state index contributed by atoms with van der Waals surface area (Å²) in [6.07, 6.45) is 5.21. The zero-order valence-corrected chi connectivity index (χ0v) is 20.1. The highest BCUT2D eigenvalue weighted by atomic mass is 16.3. The van der Waals surface area contributed by atoms with Gasteiger partial charge in [0.1, 0.15) is 11.5 Å². The van der Waals surface area contributed by atoms with Crippen LogP contribution in [0.4, 0.5) is 22.7 Å². The van der Waals surface area contributed by atoms with Crippen LogP contribution >= 0.6 is 0 Å². The SMILES string of the molecule is O=C(Nc1ccc(Nc2ccccc2)cc1)c1cccc2c1NC(c1ccc(O)cc1O)C1CC=CC21. The molecule has 5 N–H and O–H groups in total. The molecule has 4 aromatic carbocycles. The summed E-state index contributed by atoms with van der Waals surface area (Å²) in [6, 6.07) is 27.8. The predicted molar refractivity (Wildman–Crippen MR) is 147 cm³/mol. The van der Waals surface area contributed by atoms with E-state index >= 15 is 0 Å². The molecule has 6 rings (SSSR count). The molecule has 2 aliphatic rings. The summed E-state index contributed by atoms with van der Waals surface area (Å²) in [5.41, 5.74) is 5.72. The van der Waals surface area contributed by atoms with E-state index in [4.69, 9.17) is 0 Å². The third-order valence-corrected chi connectivity index (χ3v) is 7.20. The summed E-state index contributed by atoms with van der Waals surface area (Å²) in [4.78, 5) is 13.4. The Morgan fingerprint density at radius 2 is 1.57 bits per heavy atom. The van der Waals surface area contributed by atoms with Crippen LogP contribution in [0.15, 0.2) is 103 Å². The van der Waals surface area contributed by atoms with Crippen molar-refractivity contribution >= 4 is 28.7 Å². The molecule has 1 aliphatic heterocycles. The number of carbonyl (C=O) groups is 1. The van der Waals surface area contributed by atoms with Crippen molar-refractivity contribution in [3.63, 3.8) is 0 Å². The van der Waals surface area contributed by atoms with Crippen molar-refractivity contribution in [3.8, 4) is 11.5 Å². The fourth-order valence-electron chi connectivity index (χ4n) is 5.44. The number of phenolic OH excluding ortho intramolecular Hbond substituents is 2. The van der Waals surface area contributed by atoms with E-state index < -0.39 is 0 Å². The largest absolute Gasteiger partial charge is 0.508 e. The van der Waals surface area contributed by atoms with Gasteiger partial charge in [-0.15, -0.1) is 0 Å². The normalized spacial score (nSPS) is 19.4. The average Bonchev–Trinajstić information content (AvgIpc) is 3.40. The number of allylic oxidation sites excluding steroid dienone is 2. The number of phenols is 2. The van der Waals surface area contributed by atoms with Crippen molar-refractivity contribution < 1.29 is 15.0 Å². The lowest BCUT2D eigenvalue weighted by atomic mass is 9.76.